The van der Waals surface area contributed by atoms with Crippen molar-refractivity contribution in [3.05, 3.63) is 87.2 Å². The van der Waals surface area contributed by atoms with Crippen LogP contribution in [0.2, 0.25) is 0 Å². The molecular formula is C22H16F2N2O2S. The first-order valence-electron chi connectivity index (χ1n) is 8.83. The molecule has 0 fully saturated rings. The van der Waals surface area contributed by atoms with E-state index in [0.717, 1.165) is 29.3 Å². The number of hydrogen-bond acceptors (Lipinski definition) is 4. The number of halogens is 2. The predicted molar refractivity (Wildman–Crippen MR) is 110 cm³/mol. The summed E-state index contributed by atoms with van der Waals surface area (Å²) >= 11 is 1.29. The van der Waals surface area contributed by atoms with E-state index in [-0.39, 0.29) is 11.3 Å². The van der Waals surface area contributed by atoms with Crippen molar-refractivity contribution in [3.63, 3.8) is 0 Å². The van der Waals surface area contributed by atoms with Gasteiger partial charge in [-0.15, -0.1) is 11.3 Å². The van der Waals surface area contributed by atoms with Crippen LogP contribution in [-0.4, -0.2) is 11.8 Å². The second-order valence-electron chi connectivity index (χ2n) is 6.64. The number of imide groups is 1. The lowest BCUT2D eigenvalue weighted by molar-refractivity contribution is -0.120. The quantitative estimate of drug-likeness (QED) is 0.613. The van der Waals surface area contributed by atoms with Crippen LogP contribution in [0.5, 0.6) is 0 Å². The summed E-state index contributed by atoms with van der Waals surface area (Å²) in [6.45, 7) is 3.83. The fraction of sp³-hybridized carbons (Fsp3) is 0.0909. The van der Waals surface area contributed by atoms with Crippen LogP contribution in [0.15, 0.2) is 59.6 Å². The van der Waals surface area contributed by atoms with Gasteiger partial charge >= 0.3 is 0 Å². The van der Waals surface area contributed by atoms with Gasteiger partial charge in [-0.2, -0.15) is 0 Å². The molecule has 0 unspecified atom stereocenters. The molecule has 146 valence electrons. The Kier molecular flexibility index (Phi) is 4.76. The highest BCUT2D eigenvalue weighted by atomic mass is 32.1. The minimum atomic E-state index is -0.855. The van der Waals surface area contributed by atoms with E-state index in [2.05, 4.69) is 5.32 Å². The first kappa shape index (κ1) is 19.0. The molecule has 0 bridgehead atoms. The van der Waals surface area contributed by atoms with Crippen LogP contribution in [0.1, 0.15) is 16.0 Å². The summed E-state index contributed by atoms with van der Waals surface area (Å²) in [5.41, 5.74) is 2.35. The molecule has 1 aliphatic heterocycles. The van der Waals surface area contributed by atoms with Gasteiger partial charge in [-0.05, 0) is 54.6 Å². The van der Waals surface area contributed by atoms with Crippen molar-refractivity contribution in [1.82, 2.24) is 0 Å². The highest BCUT2D eigenvalue weighted by Gasteiger charge is 2.42. The van der Waals surface area contributed by atoms with Crippen molar-refractivity contribution < 1.29 is 18.4 Å². The normalized spacial score (nSPS) is 14.1. The smallest absolute Gasteiger partial charge is 0.282 e. The molecule has 2 amide bonds. The summed E-state index contributed by atoms with van der Waals surface area (Å²) in [7, 11) is 0. The molecule has 29 heavy (non-hydrogen) atoms. The number of nitrogens with zero attached hydrogens (tertiary/aromatic N) is 1. The van der Waals surface area contributed by atoms with E-state index in [4.69, 9.17) is 0 Å². The summed E-state index contributed by atoms with van der Waals surface area (Å²) in [5.74, 6) is -3.03. The van der Waals surface area contributed by atoms with Crippen LogP contribution in [0, 0.1) is 25.5 Å². The Hall–Kier alpha value is -3.32. The molecule has 1 N–H and O–H groups in total. The number of anilines is 2. The number of thiophene rings is 1. The van der Waals surface area contributed by atoms with Gasteiger partial charge in [-0.1, -0.05) is 18.2 Å². The zero-order valence-corrected chi connectivity index (χ0v) is 16.4. The van der Waals surface area contributed by atoms with Crippen LogP contribution in [0.4, 0.5) is 20.2 Å². The summed E-state index contributed by atoms with van der Waals surface area (Å²) in [6.07, 6.45) is 0. The maximum absolute atomic E-state index is 14.4. The lowest BCUT2D eigenvalue weighted by Crippen LogP contribution is -2.33. The molecule has 4 rings (SSSR count). The van der Waals surface area contributed by atoms with Gasteiger partial charge in [0.1, 0.15) is 17.3 Å². The number of carbonyl (C=O) groups excluding carboxylic acids is 2. The lowest BCUT2D eigenvalue weighted by Gasteiger charge is -2.16. The number of hydrogen-bond donors (Lipinski definition) is 1. The van der Waals surface area contributed by atoms with Crippen molar-refractivity contribution in [2.24, 2.45) is 0 Å². The Labute approximate surface area is 170 Å². The van der Waals surface area contributed by atoms with Gasteiger partial charge in [0.15, 0.2) is 0 Å². The minimum absolute atomic E-state index is 0.0369. The van der Waals surface area contributed by atoms with Crippen molar-refractivity contribution in [2.75, 3.05) is 10.2 Å². The van der Waals surface area contributed by atoms with Crippen LogP contribution in [-0.2, 0) is 9.59 Å². The molecule has 0 saturated carbocycles. The molecular weight excluding hydrogens is 394 g/mol. The van der Waals surface area contributed by atoms with E-state index in [1.165, 1.54) is 11.3 Å². The highest BCUT2D eigenvalue weighted by Crippen LogP contribution is 2.37. The van der Waals surface area contributed by atoms with Crippen molar-refractivity contribution in [1.29, 1.82) is 0 Å². The zero-order chi connectivity index (χ0) is 20.7. The summed E-state index contributed by atoms with van der Waals surface area (Å²) < 4.78 is 28.1. The molecule has 2 aromatic carbocycles. The molecule has 0 radical (unpaired) electrons. The molecule has 0 aliphatic carbocycles. The van der Waals surface area contributed by atoms with Gasteiger partial charge < -0.3 is 5.32 Å². The third-order valence-electron chi connectivity index (χ3n) is 4.86. The SMILES string of the molecule is Cc1cccc(NC2=C(c3cccs3)C(=O)N(c3cc(F)ccc3F)C2=O)c1C. The molecule has 4 nitrogen and oxygen atoms in total. The van der Waals surface area contributed by atoms with Gasteiger partial charge in [0.05, 0.1) is 11.3 Å². The van der Waals surface area contributed by atoms with E-state index in [1.54, 1.807) is 23.6 Å². The fourth-order valence-corrected chi connectivity index (χ4v) is 3.96. The molecule has 3 aromatic rings. The van der Waals surface area contributed by atoms with Crippen LogP contribution >= 0.6 is 11.3 Å². The molecule has 1 aromatic heterocycles. The maximum Gasteiger partial charge on any atom is 0.282 e. The zero-order valence-electron chi connectivity index (χ0n) is 15.6. The third kappa shape index (κ3) is 3.23. The number of nitrogens with one attached hydrogen (secondary N) is 1. The van der Waals surface area contributed by atoms with Crippen LogP contribution in [0.25, 0.3) is 5.57 Å². The van der Waals surface area contributed by atoms with E-state index < -0.39 is 29.1 Å². The number of aryl methyl sites for hydroxylation is 1. The largest absolute Gasteiger partial charge is 0.350 e. The molecule has 7 heteroatoms. The van der Waals surface area contributed by atoms with E-state index in [9.17, 15) is 18.4 Å². The molecule has 2 heterocycles. The van der Waals surface area contributed by atoms with Crippen LogP contribution < -0.4 is 10.2 Å². The summed E-state index contributed by atoms with van der Waals surface area (Å²) in [4.78, 5) is 27.6. The third-order valence-corrected chi connectivity index (χ3v) is 5.75. The molecule has 0 saturated heterocycles. The second kappa shape index (κ2) is 7.25. The molecule has 1 aliphatic rings. The first-order chi connectivity index (χ1) is 13.9. The number of amides is 2. The number of benzene rings is 2. The molecule has 0 atom stereocenters. The second-order valence-corrected chi connectivity index (χ2v) is 7.59. The topological polar surface area (TPSA) is 49.4 Å². The lowest BCUT2D eigenvalue weighted by atomic mass is 10.1. The number of carbonyl (C=O) groups is 2. The number of rotatable bonds is 4. The average Bonchev–Trinajstić information content (AvgIpc) is 3.28. The van der Waals surface area contributed by atoms with Crippen molar-refractivity contribution in [3.8, 4) is 0 Å². The van der Waals surface area contributed by atoms with Crippen LogP contribution in [0.3, 0.4) is 0 Å². The Bertz CT molecular complexity index is 1170. The first-order valence-corrected chi connectivity index (χ1v) is 9.71. The van der Waals surface area contributed by atoms with E-state index in [0.29, 0.717) is 15.5 Å². The van der Waals surface area contributed by atoms with Gasteiger partial charge in [0.2, 0.25) is 0 Å². The fourth-order valence-electron chi connectivity index (χ4n) is 3.19. The Morgan fingerprint density at radius 2 is 1.76 bits per heavy atom. The minimum Gasteiger partial charge on any atom is -0.350 e. The van der Waals surface area contributed by atoms with E-state index >= 15 is 0 Å². The highest BCUT2D eigenvalue weighted by molar-refractivity contribution is 7.11. The van der Waals surface area contributed by atoms with Crippen molar-refractivity contribution >= 4 is 40.1 Å². The van der Waals surface area contributed by atoms with Crippen molar-refractivity contribution in [2.45, 2.75) is 13.8 Å². The Balaban J connectivity index is 1.85. The van der Waals surface area contributed by atoms with Gasteiger partial charge in [0, 0.05) is 16.6 Å². The van der Waals surface area contributed by atoms with Gasteiger partial charge in [-0.3, -0.25) is 9.59 Å². The molecule has 0 spiro atoms. The van der Waals surface area contributed by atoms with E-state index in [1.807, 2.05) is 26.0 Å². The standard InChI is InChI=1S/C22H16F2N2O2S/c1-12-5-3-6-16(13(12)2)25-20-19(18-7-4-10-29-18)21(27)26(22(20)28)17-11-14(23)8-9-15(17)24/h3-11,25H,1-2H3. The Morgan fingerprint density at radius 1 is 0.966 bits per heavy atom. The summed E-state index contributed by atoms with van der Waals surface area (Å²) in [6, 6.07) is 11.7. The monoisotopic (exact) mass is 410 g/mol. The average molecular weight is 410 g/mol. The predicted octanol–water partition coefficient (Wildman–Crippen LogP) is 5.04. The van der Waals surface area contributed by atoms with Gasteiger partial charge in [0.25, 0.3) is 11.8 Å². The Morgan fingerprint density at radius 3 is 2.48 bits per heavy atom. The van der Waals surface area contributed by atoms with Gasteiger partial charge in [-0.25, -0.2) is 13.7 Å². The maximum atomic E-state index is 14.4. The summed E-state index contributed by atoms with van der Waals surface area (Å²) in [5, 5.41) is 4.84.